The smallest absolute Gasteiger partial charge is 0.243 e. The Morgan fingerprint density at radius 1 is 1.28 bits per heavy atom. The van der Waals surface area contributed by atoms with E-state index in [9.17, 15) is 18.6 Å². The normalized spacial score (nSPS) is 25.5. The van der Waals surface area contributed by atoms with Crippen molar-refractivity contribution in [3.8, 4) is 0 Å². The Balaban J connectivity index is 2.37. The summed E-state index contributed by atoms with van der Waals surface area (Å²) >= 11 is 0. The zero-order valence-corrected chi connectivity index (χ0v) is 10.8. The maximum Gasteiger partial charge on any atom is 0.243 e. The Morgan fingerprint density at radius 3 is 2.33 bits per heavy atom. The van der Waals surface area contributed by atoms with Crippen LogP contribution in [0.15, 0.2) is 23.1 Å². The fourth-order valence-corrected chi connectivity index (χ4v) is 3.71. The summed E-state index contributed by atoms with van der Waals surface area (Å²) in [5, 5.41) is 18.8. The molecule has 0 amide bonds. The van der Waals surface area contributed by atoms with Gasteiger partial charge in [0.2, 0.25) is 10.0 Å². The van der Waals surface area contributed by atoms with Crippen molar-refractivity contribution in [1.29, 1.82) is 0 Å². The van der Waals surface area contributed by atoms with Gasteiger partial charge in [-0.05, 0) is 30.7 Å². The highest BCUT2D eigenvalue weighted by Gasteiger charge is 2.37. The van der Waals surface area contributed by atoms with E-state index in [1.54, 1.807) is 13.0 Å². The summed E-state index contributed by atoms with van der Waals surface area (Å²) in [4.78, 5) is 0.151. The van der Waals surface area contributed by atoms with Gasteiger partial charge in [0.25, 0.3) is 0 Å². The van der Waals surface area contributed by atoms with Crippen molar-refractivity contribution in [2.45, 2.75) is 24.0 Å². The molecule has 2 atom stereocenters. The maximum absolute atomic E-state index is 12.3. The lowest BCUT2D eigenvalue weighted by molar-refractivity contribution is 0.0572. The van der Waals surface area contributed by atoms with E-state index in [1.807, 2.05) is 0 Å². The van der Waals surface area contributed by atoms with Crippen LogP contribution in [-0.2, 0) is 10.0 Å². The second kappa shape index (κ2) is 4.51. The zero-order valence-electron chi connectivity index (χ0n) is 9.94. The summed E-state index contributed by atoms with van der Waals surface area (Å²) < 4.78 is 25.7. The molecule has 1 aliphatic rings. The van der Waals surface area contributed by atoms with Crippen molar-refractivity contribution in [1.82, 2.24) is 4.31 Å². The molecule has 0 bridgehead atoms. The van der Waals surface area contributed by atoms with Crippen LogP contribution in [0.4, 0.5) is 5.69 Å². The molecule has 1 aromatic rings. The van der Waals surface area contributed by atoms with Crippen LogP contribution in [-0.4, -0.2) is 48.2 Å². The number of anilines is 1. The van der Waals surface area contributed by atoms with Crippen molar-refractivity contribution in [2.24, 2.45) is 0 Å². The van der Waals surface area contributed by atoms with Crippen molar-refractivity contribution in [3.05, 3.63) is 23.8 Å². The summed E-state index contributed by atoms with van der Waals surface area (Å²) in [5.74, 6) is 0. The molecular weight excluding hydrogens is 256 g/mol. The molecule has 1 saturated heterocycles. The van der Waals surface area contributed by atoms with Crippen molar-refractivity contribution in [2.75, 3.05) is 18.8 Å². The minimum atomic E-state index is -3.69. The van der Waals surface area contributed by atoms with Crippen molar-refractivity contribution in [3.63, 3.8) is 0 Å². The number of hydrogen-bond acceptors (Lipinski definition) is 5. The number of nitrogens with zero attached hydrogens (tertiary/aromatic N) is 1. The molecule has 1 heterocycles. The van der Waals surface area contributed by atoms with Gasteiger partial charge in [0, 0.05) is 18.8 Å². The third-order valence-corrected chi connectivity index (χ3v) is 5.03. The number of nitrogens with two attached hydrogens (primary N) is 1. The molecule has 1 aromatic carbocycles. The monoisotopic (exact) mass is 272 g/mol. The van der Waals surface area contributed by atoms with Crippen LogP contribution in [0.2, 0.25) is 0 Å². The lowest BCUT2D eigenvalue weighted by atomic mass is 10.2. The van der Waals surface area contributed by atoms with Crippen LogP contribution in [0.5, 0.6) is 0 Å². The van der Waals surface area contributed by atoms with Gasteiger partial charge in [-0.2, -0.15) is 4.31 Å². The second-order valence-corrected chi connectivity index (χ2v) is 6.39. The lowest BCUT2D eigenvalue weighted by Crippen LogP contribution is -2.30. The van der Waals surface area contributed by atoms with Gasteiger partial charge >= 0.3 is 0 Å². The highest BCUT2D eigenvalue weighted by Crippen LogP contribution is 2.25. The number of benzene rings is 1. The highest BCUT2D eigenvalue weighted by molar-refractivity contribution is 7.89. The third kappa shape index (κ3) is 2.22. The van der Waals surface area contributed by atoms with Crippen LogP contribution in [0.25, 0.3) is 0 Å². The summed E-state index contributed by atoms with van der Waals surface area (Å²) in [6.45, 7) is 1.48. The van der Waals surface area contributed by atoms with Gasteiger partial charge in [0.15, 0.2) is 0 Å². The summed E-state index contributed by atoms with van der Waals surface area (Å²) in [6, 6.07) is 4.54. The number of hydrogen-bond donors (Lipinski definition) is 3. The second-order valence-electron chi connectivity index (χ2n) is 4.48. The molecule has 18 heavy (non-hydrogen) atoms. The number of aliphatic hydroxyl groups excluding tert-OH is 2. The van der Waals surface area contributed by atoms with Gasteiger partial charge in [0.1, 0.15) is 0 Å². The van der Waals surface area contributed by atoms with E-state index in [1.165, 1.54) is 12.1 Å². The van der Waals surface area contributed by atoms with Crippen molar-refractivity contribution < 1.29 is 18.6 Å². The summed E-state index contributed by atoms with van der Waals surface area (Å²) in [6.07, 6.45) is -2.07. The fourth-order valence-electron chi connectivity index (χ4n) is 2.03. The number of β-amino-alcohol motifs (C(OH)–C–C–N with tert-alkyl or cyclic N) is 2. The average Bonchev–Trinajstić information content (AvgIpc) is 2.59. The number of aliphatic hydroxyl groups is 2. The van der Waals surface area contributed by atoms with E-state index in [2.05, 4.69) is 0 Å². The summed E-state index contributed by atoms with van der Waals surface area (Å²) in [5.41, 5.74) is 6.62. The van der Waals surface area contributed by atoms with Gasteiger partial charge in [-0.1, -0.05) is 0 Å². The van der Waals surface area contributed by atoms with Gasteiger partial charge in [0.05, 0.1) is 17.1 Å². The molecule has 0 saturated carbocycles. The molecule has 0 radical (unpaired) electrons. The first-order chi connectivity index (χ1) is 8.32. The van der Waals surface area contributed by atoms with Crippen molar-refractivity contribution >= 4 is 15.7 Å². The predicted octanol–water partition coefficient (Wildman–Crippen LogP) is -0.697. The van der Waals surface area contributed by atoms with E-state index in [0.717, 1.165) is 4.31 Å². The van der Waals surface area contributed by atoms with Crippen LogP contribution in [0.1, 0.15) is 5.56 Å². The van der Waals surface area contributed by atoms with E-state index < -0.39 is 22.2 Å². The Labute approximate surface area is 106 Å². The molecule has 100 valence electrons. The van der Waals surface area contributed by atoms with Crippen LogP contribution in [0.3, 0.4) is 0 Å². The molecule has 4 N–H and O–H groups in total. The molecule has 0 aliphatic carbocycles. The van der Waals surface area contributed by atoms with Crippen LogP contribution in [0, 0.1) is 6.92 Å². The first-order valence-corrected chi connectivity index (χ1v) is 6.99. The van der Waals surface area contributed by atoms with E-state index in [-0.39, 0.29) is 18.0 Å². The predicted molar refractivity (Wildman–Crippen MR) is 66.4 cm³/mol. The molecule has 0 spiro atoms. The number of sulfonamides is 1. The molecule has 7 heteroatoms. The standard InChI is InChI=1S/C11H16N2O4S/c1-7-4-8(12)2-3-11(7)18(16,17)13-5-9(14)10(15)6-13/h2-4,9-10,14-15H,5-6,12H2,1H3. The molecule has 2 rings (SSSR count). The average molecular weight is 272 g/mol. The van der Waals surface area contributed by atoms with Gasteiger partial charge in [-0.25, -0.2) is 8.42 Å². The first-order valence-electron chi connectivity index (χ1n) is 5.55. The molecular formula is C11H16N2O4S. The van der Waals surface area contributed by atoms with E-state index >= 15 is 0 Å². The maximum atomic E-state index is 12.3. The van der Waals surface area contributed by atoms with Crippen LogP contribution >= 0.6 is 0 Å². The number of rotatable bonds is 2. The van der Waals surface area contributed by atoms with Gasteiger partial charge in [-0.3, -0.25) is 0 Å². The SMILES string of the molecule is Cc1cc(N)ccc1S(=O)(=O)N1CC(O)C(O)C1. The Morgan fingerprint density at radius 2 is 1.83 bits per heavy atom. The molecule has 2 unspecified atom stereocenters. The number of nitrogen functional groups attached to an aromatic ring is 1. The lowest BCUT2D eigenvalue weighted by Gasteiger charge is -2.17. The molecule has 6 nitrogen and oxygen atoms in total. The van der Waals surface area contributed by atoms with Gasteiger partial charge < -0.3 is 15.9 Å². The fraction of sp³-hybridized carbons (Fsp3) is 0.455. The quantitative estimate of drug-likeness (QED) is 0.618. The molecule has 0 aromatic heterocycles. The van der Waals surface area contributed by atoms with E-state index in [0.29, 0.717) is 11.3 Å². The first kappa shape index (κ1) is 13.3. The minimum absolute atomic E-state index is 0.0900. The zero-order chi connectivity index (χ0) is 13.5. The minimum Gasteiger partial charge on any atom is -0.399 e. The van der Waals surface area contributed by atoms with Gasteiger partial charge in [-0.15, -0.1) is 0 Å². The third-order valence-electron chi connectivity index (χ3n) is 3.04. The topological polar surface area (TPSA) is 104 Å². The summed E-state index contributed by atoms with van der Waals surface area (Å²) in [7, 11) is -3.69. The number of aryl methyl sites for hydroxylation is 1. The largest absolute Gasteiger partial charge is 0.399 e. The van der Waals surface area contributed by atoms with E-state index in [4.69, 9.17) is 5.73 Å². The Kier molecular flexibility index (Phi) is 3.33. The van der Waals surface area contributed by atoms with Crippen LogP contribution < -0.4 is 5.73 Å². The molecule has 1 fully saturated rings. The Hall–Kier alpha value is -1.15. The Bertz CT molecular complexity index is 548. The molecule has 1 aliphatic heterocycles. The highest BCUT2D eigenvalue weighted by atomic mass is 32.2.